The van der Waals surface area contributed by atoms with Gasteiger partial charge in [0.15, 0.2) is 8.32 Å². The van der Waals surface area contributed by atoms with Crippen LogP contribution in [-0.2, 0) is 14.0 Å². The molecular weight excluding hydrogens is 316 g/mol. The van der Waals surface area contributed by atoms with Crippen LogP contribution in [0.25, 0.3) is 0 Å². The van der Waals surface area contributed by atoms with Crippen molar-refractivity contribution in [3.05, 3.63) is 12.2 Å². The van der Waals surface area contributed by atoms with Crippen molar-refractivity contribution >= 4 is 14.3 Å². The van der Waals surface area contributed by atoms with E-state index in [0.717, 1.165) is 32.1 Å². The zero-order valence-corrected chi connectivity index (χ0v) is 17.7. The molecule has 0 aromatic carbocycles. The van der Waals surface area contributed by atoms with Gasteiger partial charge in [-0.25, -0.2) is 0 Å². The summed E-state index contributed by atoms with van der Waals surface area (Å²) in [5.74, 6) is 0.642. The fraction of sp³-hybridized carbons (Fsp3) is 0.850. The number of hydrogen-bond acceptors (Lipinski definition) is 3. The quantitative estimate of drug-likeness (QED) is 0.384. The van der Waals surface area contributed by atoms with Crippen LogP contribution >= 0.6 is 0 Å². The van der Waals surface area contributed by atoms with Crippen LogP contribution in [0.2, 0.25) is 18.1 Å². The Morgan fingerprint density at radius 2 is 1.92 bits per heavy atom. The Morgan fingerprint density at radius 1 is 1.29 bits per heavy atom. The Morgan fingerprint density at radius 3 is 2.46 bits per heavy atom. The van der Waals surface area contributed by atoms with Crippen molar-refractivity contribution in [2.45, 2.75) is 96.6 Å². The molecule has 4 atom stereocenters. The molecule has 2 aliphatic carbocycles. The summed E-state index contributed by atoms with van der Waals surface area (Å²) in [4.78, 5) is 11.6. The molecule has 2 rings (SSSR count). The number of carbonyl (C=O) groups is 1. The van der Waals surface area contributed by atoms with Gasteiger partial charge in [-0.05, 0) is 63.1 Å². The molecule has 0 amide bonds. The molecule has 1 unspecified atom stereocenters. The molecule has 138 valence electrons. The molecule has 2 aliphatic rings. The van der Waals surface area contributed by atoms with E-state index in [9.17, 15) is 4.79 Å². The van der Waals surface area contributed by atoms with E-state index in [1.54, 1.807) is 0 Å². The second-order valence-corrected chi connectivity index (χ2v) is 14.3. The first-order valence-corrected chi connectivity index (χ1v) is 12.3. The van der Waals surface area contributed by atoms with Crippen LogP contribution < -0.4 is 0 Å². The number of esters is 1. The Labute approximate surface area is 149 Å². The van der Waals surface area contributed by atoms with Gasteiger partial charge >= 0.3 is 5.97 Å². The highest BCUT2D eigenvalue weighted by Gasteiger charge is 2.51. The first kappa shape index (κ1) is 19.7. The van der Waals surface area contributed by atoms with Gasteiger partial charge in [-0.3, -0.25) is 4.79 Å². The third-order valence-corrected chi connectivity index (χ3v) is 11.2. The summed E-state index contributed by atoms with van der Waals surface area (Å²) >= 11 is 0. The molecule has 2 fully saturated rings. The summed E-state index contributed by atoms with van der Waals surface area (Å²) in [6.45, 7) is 19.5. The summed E-state index contributed by atoms with van der Waals surface area (Å²) in [6, 6.07) is 0. The van der Waals surface area contributed by atoms with Gasteiger partial charge in [0.05, 0.1) is 0 Å². The average molecular weight is 353 g/mol. The maximum absolute atomic E-state index is 11.6. The molecular formula is C20H36O3Si. The van der Waals surface area contributed by atoms with Crippen molar-refractivity contribution in [2.75, 3.05) is 0 Å². The van der Waals surface area contributed by atoms with Crippen LogP contribution in [0.3, 0.4) is 0 Å². The standard InChI is InChI=1S/C20H36O3Si/c1-14-9-10-16(23-24(7,8)19(3,4)5)13-18-17(14)11-12-20(18,6)22-15(2)21/h16-18H,1,9-13H2,2-8H3/t16?,17-,18+,20-/m1/s1. The second-order valence-electron chi connectivity index (χ2n) is 9.59. The van der Waals surface area contributed by atoms with E-state index in [1.807, 2.05) is 0 Å². The zero-order chi connectivity index (χ0) is 18.3. The SMILES string of the molecule is C=C1CCC(O[Si](C)(C)C(C)(C)C)C[C@H]2[C@@H]1CC[C@@]2(C)OC(C)=O. The van der Waals surface area contributed by atoms with Crippen LogP contribution in [0.4, 0.5) is 0 Å². The lowest BCUT2D eigenvalue weighted by molar-refractivity contribution is -0.160. The van der Waals surface area contributed by atoms with Crippen molar-refractivity contribution in [3.8, 4) is 0 Å². The van der Waals surface area contributed by atoms with Gasteiger partial charge in [0.25, 0.3) is 0 Å². The summed E-state index contributed by atoms with van der Waals surface area (Å²) in [7, 11) is -1.80. The van der Waals surface area contributed by atoms with E-state index in [-0.39, 0.29) is 22.7 Å². The lowest BCUT2D eigenvalue weighted by Gasteiger charge is -2.41. The van der Waals surface area contributed by atoms with Crippen molar-refractivity contribution in [2.24, 2.45) is 11.8 Å². The van der Waals surface area contributed by atoms with Gasteiger partial charge in [0, 0.05) is 18.9 Å². The maximum atomic E-state index is 11.6. The number of carbonyl (C=O) groups excluding carboxylic acids is 1. The Bertz CT molecular complexity index is 506. The third-order valence-electron chi connectivity index (χ3n) is 6.69. The van der Waals surface area contributed by atoms with Gasteiger partial charge < -0.3 is 9.16 Å². The normalized spacial score (nSPS) is 34.6. The smallest absolute Gasteiger partial charge is 0.303 e. The van der Waals surface area contributed by atoms with Gasteiger partial charge in [0.1, 0.15) is 5.60 Å². The van der Waals surface area contributed by atoms with E-state index in [1.165, 1.54) is 12.5 Å². The molecule has 0 bridgehead atoms. The van der Waals surface area contributed by atoms with Crippen LogP contribution in [0.1, 0.15) is 66.7 Å². The van der Waals surface area contributed by atoms with Crippen LogP contribution in [0.5, 0.6) is 0 Å². The summed E-state index contributed by atoms with van der Waals surface area (Å²) in [6.07, 6.45) is 5.35. The maximum Gasteiger partial charge on any atom is 0.303 e. The number of fused-ring (bicyclic) bond motifs is 1. The molecule has 24 heavy (non-hydrogen) atoms. The fourth-order valence-corrected chi connectivity index (χ4v) is 5.65. The van der Waals surface area contributed by atoms with Crippen molar-refractivity contribution in [1.29, 1.82) is 0 Å². The third kappa shape index (κ3) is 3.96. The Hall–Kier alpha value is -0.613. The molecule has 3 nitrogen and oxygen atoms in total. The molecule has 0 radical (unpaired) electrons. The van der Waals surface area contributed by atoms with Crippen LogP contribution in [-0.4, -0.2) is 26.0 Å². The van der Waals surface area contributed by atoms with Crippen molar-refractivity contribution < 1.29 is 14.0 Å². The fourth-order valence-electron chi connectivity index (χ4n) is 4.24. The minimum absolute atomic E-state index is 0.171. The predicted molar refractivity (Wildman–Crippen MR) is 101 cm³/mol. The summed E-state index contributed by atoms with van der Waals surface area (Å²) < 4.78 is 12.5. The van der Waals surface area contributed by atoms with Crippen molar-refractivity contribution in [1.82, 2.24) is 0 Å². The highest BCUT2D eigenvalue weighted by Crippen LogP contribution is 2.51. The van der Waals surface area contributed by atoms with Gasteiger partial charge in [-0.2, -0.15) is 0 Å². The number of hydrogen-bond donors (Lipinski definition) is 0. The van der Waals surface area contributed by atoms with Crippen molar-refractivity contribution in [3.63, 3.8) is 0 Å². The Balaban J connectivity index is 2.21. The number of allylic oxidation sites excluding steroid dienone is 1. The largest absolute Gasteiger partial charge is 0.459 e. The van der Waals surface area contributed by atoms with E-state index in [2.05, 4.69) is 47.4 Å². The number of ether oxygens (including phenoxy) is 1. The average Bonchev–Trinajstić information content (AvgIpc) is 2.60. The second kappa shape index (κ2) is 6.60. The lowest BCUT2D eigenvalue weighted by Crippen LogP contribution is -2.45. The molecule has 4 heteroatoms. The van der Waals surface area contributed by atoms with Crippen LogP contribution in [0.15, 0.2) is 12.2 Å². The highest BCUT2D eigenvalue weighted by atomic mass is 28.4. The molecule has 0 heterocycles. The lowest BCUT2D eigenvalue weighted by atomic mass is 9.81. The van der Waals surface area contributed by atoms with Crippen LogP contribution in [0, 0.1) is 11.8 Å². The number of rotatable bonds is 3. The topological polar surface area (TPSA) is 35.5 Å². The molecule has 0 aromatic rings. The monoisotopic (exact) mass is 352 g/mol. The highest BCUT2D eigenvalue weighted by molar-refractivity contribution is 6.74. The first-order chi connectivity index (χ1) is 10.9. The van der Waals surface area contributed by atoms with E-state index < -0.39 is 8.32 Å². The minimum atomic E-state index is -1.80. The predicted octanol–water partition coefficient (Wildman–Crippen LogP) is 5.46. The Kier molecular flexibility index (Phi) is 5.42. The summed E-state index contributed by atoms with van der Waals surface area (Å²) in [5, 5.41) is 0.213. The molecule has 0 N–H and O–H groups in total. The van der Waals surface area contributed by atoms with E-state index in [4.69, 9.17) is 9.16 Å². The molecule has 0 saturated heterocycles. The minimum Gasteiger partial charge on any atom is -0.459 e. The molecule has 0 spiro atoms. The van der Waals surface area contributed by atoms with Gasteiger partial charge in [0.2, 0.25) is 0 Å². The van der Waals surface area contributed by atoms with E-state index in [0.29, 0.717) is 11.8 Å². The zero-order valence-electron chi connectivity index (χ0n) is 16.7. The summed E-state index contributed by atoms with van der Waals surface area (Å²) in [5.41, 5.74) is 0.968. The van der Waals surface area contributed by atoms with E-state index >= 15 is 0 Å². The molecule has 0 aliphatic heterocycles. The molecule has 0 aromatic heterocycles. The van der Waals surface area contributed by atoms with Gasteiger partial charge in [-0.1, -0.05) is 32.9 Å². The first-order valence-electron chi connectivity index (χ1n) is 9.41. The van der Waals surface area contributed by atoms with Gasteiger partial charge in [-0.15, -0.1) is 0 Å². The molecule has 2 saturated carbocycles.